The lowest BCUT2D eigenvalue weighted by molar-refractivity contribution is -0.116. The van der Waals surface area contributed by atoms with Crippen molar-refractivity contribution in [2.24, 2.45) is 11.8 Å². The van der Waals surface area contributed by atoms with Gasteiger partial charge in [-0.25, -0.2) is 9.78 Å². The standard InChI is InChI=1S/C19H22N2O4/c1-3-16(22)20-9-8-14(13-5-6-13)10-24-15-7-4-12(2)17-18(15)21-11-25-19(17)23/h3-4,7,11,13-14H,1,5-6,8-10H2,2H3,(H,20,22). The van der Waals surface area contributed by atoms with Gasteiger partial charge in [-0.05, 0) is 55.7 Å². The molecule has 3 rings (SSSR count). The Balaban J connectivity index is 1.69. The van der Waals surface area contributed by atoms with Crippen molar-refractivity contribution >= 4 is 16.8 Å². The van der Waals surface area contributed by atoms with Crippen LogP contribution in [0.2, 0.25) is 0 Å². The van der Waals surface area contributed by atoms with Gasteiger partial charge >= 0.3 is 5.63 Å². The summed E-state index contributed by atoms with van der Waals surface area (Å²) in [5, 5.41) is 3.27. The molecule has 1 aromatic heterocycles. The van der Waals surface area contributed by atoms with Gasteiger partial charge in [0.15, 0.2) is 6.39 Å². The molecule has 2 aromatic rings. The predicted octanol–water partition coefficient (Wildman–Crippen LogP) is 2.59. The van der Waals surface area contributed by atoms with Gasteiger partial charge in [-0.3, -0.25) is 4.79 Å². The van der Waals surface area contributed by atoms with E-state index >= 15 is 0 Å². The number of aromatic nitrogens is 1. The fourth-order valence-electron chi connectivity index (χ4n) is 3.03. The quantitative estimate of drug-likeness (QED) is 0.746. The SMILES string of the molecule is C=CC(=O)NCCC(COc1ccc(C)c2c(=O)ocnc12)C1CC1. The molecule has 0 spiro atoms. The molecule has 1 aliphatic carbocycles. The van der Waals surface area contributed by atoms with Crippen LogP contribution in [0.5, 0.6) is 5.75 Å². The summed E-state index contributed by atoms with van der Waals surface area (Å²) < 4.78 is 10.9. The second-order valence-corrected chi connectivity index (χ2v) is 6.44. The number of benzene rings is 1. The first-order chi connectivity index (χ1) is 12.1. The number of aryl methyl sites for hydroxylation is 1. The molecule has 1 amide bonds. The Labute approximate surface area is 145 Å². The first kappa shape index (κ1) is 17.2. The number of amides is 1. The predicted molar refractivity (Wildman–Crippen MR) is 94.5 cm³/mol. The van der Waals surface area contributed by atoms with Gasteiger partial charge < -0.3 is 14.5 Å². The van der Waals surface area contributed by atoms with Crippen molar-refractivity contribution in [1.29, 1.82) is 0 Å². The van der Waals surface area contributed by atoms with Crippen LogP contribution in [0.4, 0.5) is 0 Å². The lowest BCUT2D eigenvalue weighted by atomic mass is 10.0. The number of hydrogen-bond donors (Lipinski definition) is 1. The van der Waals surface area contributed by atoms with Crippen molar-refractivity contribution in [3.8, 4) is 5.75 Å². The normalized spacial score (nSPS) is 14.9. The summed E-state index contributed by atoms with van der Waals surface area (Å²) in [5.74, 6) is 1.43. The zero-order valence-corrected chi connectivity index (χ0v) is 14.3. The summed E-state index contributed by atoms with van der Waals surface area (Å²) in [7, 11) is 0. The fraction of sp³-hybridized carbons (Fsp3) is 0.421. The summed E-state index contributed by atoms with van der Waals surface area (Å²) in [5.41, 5.74) is 0.944. The second-order valence-electron chi connectivity index (χ2n) is 6.44. The van der Waals surface area contributed by atoms with Crippen molar-refractivity contribution in [1.82, 2.24) is 10.3 Å². The molecule has 1 aromatic carbocycles. The fourth-order valence-corrected chi connectivity index (χ4v) is 3.03. The maximum absolute atomic E-state index is 11.9. The Kier molecular flexibility index (Phi) is 5.16. The Morgan fingerprint density at radius 1 is 1.52 bits per heavy atom. The Hall–Kier alpha value is -2.63. The van der Waals surface area contributed by atoms with Crippen molar-refractivity contribution < 1.29 is 13.9 Å². The molecule has 1 fully saturated rings. The van der Waals surface area contributed by atoms with E-state index in [1.54, 1.807) is 0 Å². The van der Waals surface area contributed by atoms with Crippen LogP contribution in [0.25, 0.3) is 10.9 Å². The molecule has 6 nitrogen and oxygen atoms in total. The van der Waals surface area contributed by atoms with Crippen LogP contribution < -0.4 is 15.7 Å². The van der Waals surface area contributed by atoms with Crippen LogP contribution in [0.15, 0.2) is 40.4 Å². The number of hydrogen-bond acceptors (Lipinski definition) is 5. The molecule has 1 N–H and O–H groups in total. The topological polar surface area (TPSA) is 81.4 Å². The molecule has 132 valence electrons. The Bertz CT molecular complexity index is 839. The number of nitrogens with zero attached hydrogens (tertiary/aromatic N) is 1. The molecule has 0 bridgehead atoms. The molecular formula is C19H22N2O4. The highest BCUT2D eigenvalue weighted by Crippen LogP contribution is 2.39. The molecule has 1 unspecified atom stereocenters. The zero-order valence-electron chi connectivity index (χ0n) is 14.3. The van der Waals surface area contributed by atoms with Crippen LogP contribution in [0.1, 0.15) is 24.8 Å². The maximum Gasteiger partial charge on any atom is 0.347 e. The molecule has 1 atom stereocenters. The molecule has 0 aliphatic heterocycles. The van der Waals surface area contributed by atoms with Gasteiger partial charge in [-0.1, -0.05) is 12.6 Å². The largest absolute Gasteiger partial charge is 0.491 e. The monoisotopic (exact) mass is 342 g/mol. The summed E-state index contributed by atoms with van der Waals surface area (Å²) in [6.07, 6.45) is 5.67. The molecule has 6 heteroatoms. The van der Waals surface area contributed by atoms with E-state index in [0.717, 1.165) is 18.4 Å². The Morgan fingerprint density at radius 3 is 3.04 bits per heavy atom. The average molecular weight is 342 g/mol. The van der Waals surface area contributed by atoms with Gasteiger partial charge in [0, 0.05) is 6.54 Å². The lowest BCUT2D eigenvalue weighted by Crippen LogP contribution is -2.26. The van der Waals surface area contributed by atoms with Gasteiger partial charge in [0.2, 0.25) is 5.91 Å². The second kappa shape index (κ2) is 7.51. The third-order valence-corrected chi connectivity index (χ3v) is 4.64. The number of fused-ring (bicyclic) bond motifs is 1. The number of carbonyl (C=O) groups is 1. The van der Waals surface area contributed by atoms with Gasteiger partial charge in [0.25, 0.3) is 0 Å². The molecule has 0 radical (unpaired) electrons. The van der Waals surface area contributed by atoms with Crippen molar-refractivity contribution in [2.45, 2.75) is 26.2 Å². The van der Waals surface area contributed by atoms with E-state index in [1.165, 1.54) is 18.9 Å². The number of nitrogens with one attached hydrogen (secondary N) is 1. The summed E-state index contributed by atoms with van der Waals surface area (Å²) >= 11 is 0. The van der Waals surface area contributed by atoms with Crippen molar-refractivity contribution in [2.75, 3.05) is 13.2 Å². The molecule has 1 heterocycles. The van der Waals surface area contributed by atoms with Crippen LogP contribution in [-0.2, 0) is 4.79 Å². The lowest BCUT2D eigenvalue weighted by Gasteiger charge is -2.18. The number of carbonyl (C=O) groups excluding carboxylic acids is 1. The zero-order chi connectivity index (χ0) is 17.8. The summed E-state index contributed by atoms with van der Waals surface area (Å²) in [6.45, 7) is 6.43. The van der Waals surface area contributed by atoms with E-state index in [-0.39, 0.29) is 5.91 Å². The van der Waals surface area contributed by atoms with Gasteiger partial charge in [-0.15, -0.1) is 0 Å². The highest BCUT2D eigenvalue weighted by atomic mass is 16.5. The minimum atomic E-state index is -0.404. The van der Waals surface area contributed by atoms with E-state index in [2.05, 4.69) is 16.9 Å². The summed E-state index contributed by atoms with van der Waals surface area (Å²) in [4.78, 5) is 27.4. The molecule has 1 aliphatic rings. The smallest absolute Gasteiger partial charge is 0.347 e. The van der Waals surface area contributed by atoms with Gasteiger partial charge in [0.05, 0.1) is 12.0 Å². The summed E-state index contributed by atoms with van der Waals surface area (Å²) in [6, 6.07) is 3.68. The number of ether oxygens (including phenoxy) is 1. The highest BCUT2D eigenvalue weighted by molar-refractivity contribution is 5.87. The minimum Gasteiger partial charge on any atom is -0.491 e. The van der Waals surface area contributed by atoms with Gasteiger partial charge in [-0.2, -0.15) is 0 Å². The van der Waals surface area contributed by atoms with E-state index in [1.807, 2.05) is 19.1 Å². The maximum atomic E-state index is 11.9. The van der Waals surface area contributed by atoms with Gasteiger partial charge in [0.1, 0.15) is 11.3 Å². The molecule has 0 saturated heterocycles. The third-order valence-electron chi connectivity index (χ3n) is 4.64. The van der Waals surface area contributed by atoms with E-state index < -0.39 is 5.63 Å². The molecule has 1 saturated carbocycles. The van der Waals surface area contributed by atoms with Crippen molar-refractivity contribution in [3.63, 3.8) is 0 Å². The molecular weight excluding hydrogens is 320 g/mol. The van der Waals surface area contributed by atoms with Crippen LogP contribution in [-0.4, -0.2) is 24.0 Å². The van der Waals surface area contributed by atoms with E-state index in [9.17, 15) is 9.59 Å². The first-order valence-electron chi connectivity index (χ1n) is 8.50. The Morgan fingerprint density at radius 2 is 2.32 bits per heavy atom. The van der Waals surface area contributed by atoms with Crippen molar-refractivity contribution in [3.05, 3.63) is 47.2 Å². The minimum absolute atomic E-state index is 0.157. The average Bonchev–Trinajstić information content (AvgIpc) is 3.44. The number of rotatable bonds is 8. The highest BCUT2D eigenvalue weighted by Gasteiger charge is 2.31. The third kappa shape index (κ3) is 4.07. The van der Waals surface area contributed by atoms with Crippen LogP contribution in [0, 0.1) is 18.8 Å². The molecule has 25 heavy (non-hydrogen) atoms. The van der Waals surface area contributed by atoms with E-state index in [4.69, 9.17) is 9.15 Å². The first-order valence-corrected chi connectivity index (χ1v) is 8.50. The van der Waals surface area contributed by atoms with Crippen LogP contribution in [0.3, 0.4) is 0 Å². The van der Waals surface area contributed by atoms with Crippen LogP contribution >= 0.6 is 0 Å². The van der Waals surface area contributed by atoms with E-state index in [0.29, 0.717) is 41.6 Å².